The summed E-state index contributed by atoms with van der Waals surface area (Å²) >= 11 is 0. The van der Waals surface area contributed by atoms with Crippen LogP contribution >= 0.6 is 0 Å². The van der Waals surface area contributed by atoms with E-state index in [-0.39, 0.29) is 16.8 Å². The van der Waals surface area contributed by atoms with Crippen molar-refractivity contribution in [1.82, 2.24) is 9.21 Å². The van der Waals surface area contributed by atoms with Gasteiger partial charge in [-0.3, -0.25) is 4.79 Å². The Balaban J connectivity index is 1.57. The predicted octanol–water partition coefficient (Wildman–Crippen LogP) is 2.87. The third-order valence-electron chi connectivity index (χ3n) is 6.29. The number of ether oxygens (including phenoxy) is 2. The average Bonchev–Trinajstić information content (AvgIpc) is 3.27. The number of amides is 1. The molecule has 32 heavy (non-hydrogen) atoms. The Labute approximate surface area is 190 Å². The van der Waals surface area contributed by atoms with Crippen LogP contribution in [-0.4, -0.2) is 69.5 Å². The quantitative estimate of drug-likeness (QED) is 0.665. The second kappa shape index (κ2) is 9.60. The van der Waals surface area contributed by atoms with Crippen molar-refractivity contribution in [3.8, 4) is 5.75 Å². The lowest BCUT2D eigenvalue weighted by molar-refractivity contribution is 0.0727. The van der Waals surface area contributed by atoms with Gasteiger partial charge in [-0.1, -0.05) is 18.2 Å². The molecule has 2 saturated heterocycles. The zero-order chi connectivity index (χ0) is 22.7. The number of likely N-dealkylation sites (tertiary alicyclic amines) is 1. The first-order valence-corrected chi connectivity index (χ1v) is 12.5. The van der Waals surface area contributed by atoms with Gasteiger partial charge in [0.1, 0.15) is 5.75 Å². The van der Waals surface area contributed by atoms with Crippen LogP contribution < -0.4 is 4.74 Å². The lowest BCUT2D eigenvalue weighted by Crippen LogP contribution is -2.41. The van der Waals surface area contributed by atoms with Crippen molar-refractivity contribution < 1.29 is 22.7 Å². The molecule has 2 aliphatic rings. The fourth-order valence-electron chi connectivity index (χ4n) is 4.47. The van der Waals surface area contributed by atoms with Crippen molar-refractivity contribution in [1.29, 1.82) is 0 Å². The molecule has 1 amide bonds. The van der Waals surface area contributed by atoms with Gasteiger partial charge in [0.05, 0.1) is 25.2 Å². The zero-order valence-corrected chi connectivity index (χ0v) is 19.4. The molecule has 0 spiro atoms. The van der Waals surface area contributed by atoms with E-state index in [1.54, 1.807) is 25.3 Å². The lowest BCUT2D eigenvalue weighted by Gasteiger charge is -2.27. The number of carbonyl (C=O) groups excluding carboxylic acids is 1. The minimum Gasteiger partial charge on any atom is -0.497 e. The minimum absolute atomic E-state index is 0.0773. The molecule has 2 fully saturated rings. The summed E-state index contributed by atoms with van der Waals surface area (Å²) in [4.78, 5) is 15.6. The van der Waals surface area contributed by atoms with Gasteiger partial charge in [0.25, 0.3) is 5.91 Å². The molecule has 0 aromatic heterocycles. The van der Waals surface area contributed by atoms with Crippen molar-refractivity contribution in [2.45, 2.75) is 37.1 Å². The molecule has 4 rings (SSSR count). The maximum atomic E-state index is 13.5. The Bertz CT molecular complexity index is 1080. The Kier molecular flexibility index (Phi) is 6.83. The van der Waals surface area contributed by atoms with Gasteiger partial charge in [0, 0.05) is 31.2 Å². The molecule has 0 aliphatic carbocycles. The number of morpholine rings is 1. The zero-order valence-electron chi connectivity index (χ0n) is 18.6. The molecule has 1 atom stereocenters. The van der Waals surface area contributed by atoms with E-state index in [9.17, 15) is 13.2 Å². The van der Waals surface area contributed by atoms with Gasteiger partial charge in [-0.15, -0.1) is 0 Å². The fourth-order valence-corrected chi connectivity index (χ4v) is 5.90. The second-order valence-corrected chi connectivity index (χ2v) is 10.3. The molecule has 0 bridgehead atoms. The molecule has 0 saturated carbocycles. The van der Waals surface area contributed by atoms with E-state index in [0.29, 0.717) is 38.4 Å². The molecular weight excluding hydrogens is 428 g/mol. The van der Waals surface area contributed by atoms with Gasteiger partial charge in [0.2, 0.25) is 10.0 Å². The third-order valence-corrected chi connectivity index (χ3v) is 8.19. The summed E-state index contributed by atoms with van der Waals surface area (Å²) in [5.74, 6) is 0.696. The highest BCUT2D eigenvalue weighted by Crippen LogP contribution is 2.27. The molecule has 2 aromatic rings. The topological polar surface area (TPSA) is 76.2 Å². The van der Waals surface area contributed by atoms with E-state index in [1.165, 1.54) is 4.31 Å². The summed E-state index contributed by atoms with van der Waals surface area (Å²) in [6.45, 7) is 3.95. The van der Waals surface area contributed by atoms with E-state index in [4.69, 9.17) is 9.47 Å². The van der Waals surface area contributed by atoms with Crippen molar-refractivity contribution in [3.63, 3.8) is 0 Å². The maximum absolute atomic E-state index is 13.5. The second-order valence-electron chi connectivity index (χ2n) is 8.34. The van der Waals surface area contributed by atoms with Crippen molar-refractivity contribution in [3.05, 3.63) is 59.2 Å². The summed E-state index contributed by atoms with van der Waals surface area (Å²) in [6, 6.07) is 12.9. The van der Waals surface area contributed by atoms with Crippen LogP contribution in [0.1, 0.15) is 34.3 Å². The summed E-state index contributed by atoms with van der Waals surface area (Å²) in [6.07, 6.45) is 2.60. The lowest BCUT2D eigenvalue weighted by atomic mass is 10.0. The number of sulfonamides is 1. The molecule has 2 aromatic carbocycles. The van der Waals surface area contributed by atoms with Crippen LogP contribution in [0.3, 0.4) is 0 Å². The molecule has 1 unspecified atom stereocenters. The fraction of sp³-hybridized carbons (Fsp3) is 0.458. The molecule has 7 nitrogen and oxygen atoms in total. The number of hydrogen-bond donors (Lipinski definition) is 0. The van der Waals surface area contributed by atoms with Gasteiger partial charge in [0.15, 0.2) is 0 Å². The van der Waals surface area contributed by atoms with Crippen LogP contribution in [0.5, 0.6) is 5.75 Å². The number of hydrogen-bond acceptors (Lipinski definition) is 5. The van der Waals surface area contributed by atoms with Gasteiger partial charge < -0.3 is 14.4 Å². The SMILES string of the molecule is COc1cccc(CC2CCCN2C(=O)c2cc(S(=O)(=O)N3CCOCC3)ccc2C)c1. The van der Waals surface area contributed by atoms with Crippen molar-refractivity contribution in [2.75, 3.05) is 40.0 Å². The minimum atomic E-state index is -3.66. The first-order chi connectivity index (χ1) is 15.4. The summed E-state index contributed by atoms with van der Waals surface area (Å²) in [5, 5.41) is 0. The van der Waals surface area contributed by atoms with Crippen LogP contribution in [0.4, 0.5) is 0 Å². The van der Waals surface area contributed by atoms with E-state index >= 15 is 0 Å². The van der Waals surface area contributed by atoms with Gasteiger partial charge in [-0.05, 0) is 61.6 Å². The number of methoxy groups -OCH3 is 1. The molecule has 8 heteroatoms. The summed E-state index contributed by atoms with van der Waals surface area (Å²) in [5.41, 5.74) is 2.36. The first-order valence-electron chi connectivity index (χ1n) is 11.0. The maximum Gasteiger partial charge on any atom is 0.254 e. The Morgan fingerprint density at radius 1 is 1.12 bits per heavy atom. The van der Waals surface area contributed by atoms with Crippen molar-refractivity contribution >= 4 is 15.9 Å². The number of rotatable bonds is 6. The number of carbonyl (C=O) groups is 1. The molecule has 2 aliphatic heterocycles. The van der Waals surface area contributed by atoms with Gasteiger partial charge in [-0.2, -0.15) is 4.31 Å². The van der Waals surface area contributed by atoms with Crippen LogP contribution in [0.25, 0.3) is 0 Å². The first kappa shape index (κ1) is 22.8. The summed E-state index contributed by atoms with van der Waals surface area (Å²) in [7, 11) is -2.02. The van der Waals surface area contributed by atoms with Crippen LogP contribution in [0.15, 0.2) is 47.4 Å². The van der Waals surface area contributed by atoms with E-state index in [2.05, 4.69) is 0 Å². The molecule has 2 heterocycles. The molecular formula is C24H30N2O5S. The van der Waals surface area contributed by atoms with E-state index < -0.39 is 10.0 Å². The van der Waals surface area contributed by atoms with Crippen molar-refractivity contribution in [2.24, 2.45) is 0 Å². The number of benzene rings is 2. The largest absolute Gasteiger partial charge is 0.497 e. The van der Waals surface area contributed by atoms with Crippen LogP contribution in [0.2, 0.25) is 0 Å². The normalized spacial score (nSPS) is 19.8. The highest BCUT2D eigenvalue weighted by Gasteiger charge is 2.32. The molecule has 172 valence electrons. The summed E-state index contributed by atoms with van der Waals surface area (Å²) < 4.78 is 38.2. The van der Waals surface area contributed by atoms with E-state index in [0.717, 1.165) is 36.1 Å². The Morgan fingerprint density at radius 2 is 1.91 bits per heavy atom. The van der Waals surface area contributed by atoms with Crippen LogP contribution in [-0.2, 0) is 21.2 Å². The van der Waals surface area contributed by atoms with Crippen LogP contribution in [0, 0.1) is 6.92 Å². The average molecular weight is 459 g/mol. The third kappa shape index (κ3) is 4.67. The predicted molar refractivity (Wildman–Crippen MR) is 122 cm³/mol. The highest BCUT2D eigenvalue weighted by molar-refractivity contribution is 7.89. The van der Waals surface area contributed by atoms with Gasteiger partial charge in [-0.25, -0.2) is 8.42 Å². The van der Waals surface area contributed by atoms with Gasteiger partial charge >= 0.3 is 0 Å². The van der Waals surface area contributed by atoms with E-state index in [1.807, 2.05) is 36.1 Å². The Hall–Kier alpha value is -2.42. The number of aryl methyl sites for hydroxylation is 1. The monoisotopic (exact) mass is 458 g/mol. The standard InChI is InChI=1S/C24H30N2O5S/c1-18-8-9-22(32(28,29)25-11-13-31-14-12-25)17-23(18)24(27)26-10-4-6-20(26)15-19-5-3-7-21(16-19)30-2/h3,5,7-9,16-17,20H,4,6,10-15H2,1-2H3. The Morgan fingerprint density at radius 3 is 2.66 bits per heavy atom. The molecule has 0 N–H and O–H groups in total. The smallest absolute Gasteiger partial charge is 0.254 e. The highest BCUT2D eigenvalue weighted by atomic mass is 32.2. The molecule has 0 radical (unpaired) electrons. The number of nitrogens with zero attached hydrogens (tertiary/aromatic N) is 2.